The molecule has 1 aromatic carbocycles. The molecule has 1 unspecified atom stereocenters. The van der Waals surface area contributed by atoms with Crippen LogP contribution in [-0.2, 0) is 11.2 Å². The van der Waals surface area contributed by atoms with Crippen LogP contribution < -0.4 is 5.73 Å². The molecule has 0 aromatic heterocycles. The third-order valence-electron chi connectivity index (χ3n) is 3.46. The number of hydrogen-bond donors (Lipinski definition) is 1. The molecule has 0 saturated heterocycles. The molecule has 0 bridgehead atoms. The van der Waals surface area contributed by atoms with Gasteiger partial charge in [0, 0.05) is 26.1 Å². The summed E-state index contributed by atoms with van der Waals surface area (Å²) in [5, 5.41) is 0. The summed E-state index contributed by atoms with van der Waals surface area (Å²) in [5.41, 5.74) is 9.39. The van der Waals surface area contributed by atoms with Gasteiger partial charge in [-0.15, -0.1) is 0 Å². The zero-order chi connectivity index (χ0) is 13.7. The maximum absolute atomic E-state index is 11.9. The minimum Gasteiger partial charge on any atom is -0.345 e. The van der Waals surface area contributed by atoms with Crippen molar-refractivity contribution in [2.45, 2.75) is 27.2 Å². The molecule has 100 valence electrons. The van der Waals surface area contributed by atoms with Gasteiger partial charge in [-0.2, -0.15) is 0 Å². The molecule has 2 N–H and O–H groups in total. The summed E-state index contributed by atoms with van der Waals surface area (Å²) in [5.74, 6) is 0.0380. The zero-order valence-corrected chi connectivity index (χ0v) is 11.9. The van der Waals surface area contributed by atoms with Crippen LogP contribution in [0.1, 0.15) is 23.6 Å². The van der Waals surface area contributed by atoms with Crippen LogP contribution >= 0.6 is 0 Å². The second-order valence-corrected chi connectivity index (χ2v) is 5.07. The lowest BCUT2D eigenvalue weighted by molar-refractivity contribution is -0.133. The predicted molar refractivity (Wildman–Crippen MR) is 75.5 cm³/mol. The molecule has 1 atom stereocenters. The number of benzene rings is 1. The maximum Gasteiger partial charge on any atom is 0.226 e. The Bertz CT molecular complexity index is 415. The highest BCUT2D eigenvalue weighted by Crippen LogP contribution is 2.11. The molecular formula is C15H24N2O. The first kappa shape index (κ1) is 14.7. The SMILES string of the molecule is Cc1ccc(CCN(C)C(=O)C(C)CN)cc1C. The molecule has 3 heteroatoms. The lowest BCUT2D eigenvalue weighted by Gasteiger charge is -2.20. The number of nitrogens with zero attached hydrogens (tertiary/aromatic N) is 1. The average Bonchev–Trinajstić information content (AvgIpc) is 2.37. The third-order valence-corrected chi connectivity index (χ3v) is 3.46. The third kappa shape index (κ3) is 3.84. The number of hydrogen-bond acceptors (Lipinski definition) is 2. The van der Waals surface area contributed by atoms with Crippen LogP contribution in [0.5, 0.6) is 0 Å². The van der Waals surface area contributed by atoms with E-state index in [1.165, 1.54) is 16.7 Å². The van der Waals surface area contributed by atoms with Gasteiger partial charge < -0.3 is 10.6 Å². The Balaban J connectivity index is 2.54. The van der Waals surface area contributed by atoms with Crippen LogP contribution in [0.15, 0.2) is 18.2 Å². The van der Waals surface area contributed by atoms with E-state index in [-0.39, 0.29) is 11.8 Å². The fourth-order valence-electron chi connectivity index (χ4n) is 1.84. The zero-order valence-electron chi connectivity index (χ0n) is 11.9. The van der Waals surface area contributed by atoms with Crippen molar-refractivity contribution >= 4 is 5.91 Å². The standard InChI is InChI=1S/C15H24N2O/c1-11-5-6-14(9-12(11)2)7-8-17(4)15(18)13(3)10-16/h5-6,9,13H,7-8,10,16H2,1-4H3. The molecule has 3 nitrogen and oxygen atoms in total. The van der Waals surface area contributed by atoms with Gasteiger partial charge in [-0.1, -0.05) is 25.1 Å². The van der Waals surface area contributed by atoms with E-state index in [9.17, 15) is 4.79 Å². The van der Waals surface area contributed by atoms with Crippen LogP contribution in [0.3, 0.4) is 0 Å². The number of rotatable bonds is 5. The van der Waals surface area contributed by atoms with E-state index in [2.05, 4.69) is 32.0 Å². The molecule has 0 spiro atoms. The summed E-state index contributed by atoms with van der Waals surface area (Å²) in [6, 6.07) is 6.46. The van der Waals surface area contributed by atoms with Gasteiger partial charge in [0.25, 0.3) is 0 Å². The van der Waals surface area contributed by atoms with E-state index in [4.69, 9.17) is 5.73 Å². The van der Waals surface area contributed by atoms with Gasteiger partial charge in [-0.05, 0) is 37.0 Å². The Morgan fingerprint density at radius 1 is 1.33 bits per heavy atom. The van der Waals surface area contributed by atoms with Crippen LogP contribution in [0.4, 0.5) is 0 Å². The van der Waals surface area contributed by atoms with E-state index in [1.807, 2.05) is 14.0 Å². The van der Waals surface area contributed by atoms with Gasteiger partial charge in [0.1, 0.15) is 0 Å². The van der Waals surface area contributed by atoms with E-state index in [1.54, 1.807) is 4.90 Å². The first-order chi connectivity index (χ1) is 8.45. The number of amides is 1. The Labute approximate surface area is 110 Å². The van der Waals surface area contributed by atoms with Crippen molar-refractivity contribution in [3.63, 3.8) is 0 Å². The fraction of sp³-hybridized carbons (Fsp3) is 0.533. The van der Waals surface area contributed by atoms with E-state index in [0.717, 1.165) is 13.0 Å². The fourth-order valence-corrected chi connectivity index (χ4v) is 1.84. The van der Waals surface area contributed by atoms with E-state index < -0.39 is 0 Å². The summed E-state index contributed by atoms with van der Waals surface area (Å²) < 4.78 is 0. The molecule has 0 aliphatic carbocycles. The smallest absolute Gasteiger partial charge is 0.226 e. The molecule has 0 aliphatic heterocycles. The Morgan fingerprint density at radius 2 is 2.00 bits per heavy atom. The van der Waals surface area contributed by atoms with Crippen molar-refractivity contribution in [3.05, 3.63) is 34.9 Å². The summed E-state index contributed by atoms with van der Waals surface area (Å²) in [7, 11) is 1.84. The van der Waals surface area contributed by atoms with Gasteiger partial charge in [0.2, 0.25) is 5.91 Å². The van der Waals surface area contributed by atoms with Crippen molar-refractivity contribution in [1.29, 1.82) is 0 Å². The first-order valence-electron chi connectivity index (χ1n) is 6.47. The molecule has 1 amide bonds. The van der Waals surface area contributed by atoms with E-state index in [0.29, 0.717) is 6.54 Å². The highest BCUT2D eigenvalue weighted by molar-refractivity contribution is 5.78. The summed E-state index contributed by atoms with van der Waals surface area (Å²) in [6.07, 6.45) is 0.890. The van der Waals surface area contributed by atoms with Gasteiger partial charge in [-0.3, -0.25) is 4.79 Å². The lowest BCUT2D eigenvalue weighted by Crippen LogP contribution is -2.36. The summed E-state index contributed by atoms with van der Waals surface area (Å²) in [4.78, 5) is 13.6. The van der Waals surface area contributed by atoms with Gasteiger partial charge in [0.05, 0.1) is 0 Å². The molecule has 18 heavy (non-hydrogen) atoms. The molecule has 0 heterocycles. The van der Waals surface area contributed by atoms with Crippen LogP contribution in [0.25, 0.3) is 0 Å². The number of carbonyl (C=O) groups is 1. The van der Waals surface area contributed by atoms with Gasteiger partial charge in [-0.25, -0.2) is 0 Å². The van der Waals surface area contributed by atoms with Gasteiger partial charge >= 0.3 is 0 Å². The van der Waals surface area contributed by atoms with Crippen LogP contribution in [0.2, 0.25) is 0 Å². The summed E-state index contributed by atoms with van der Waals surface area (Å²) >= 11 is 0. The molecule has 0 saturated carbocycles. The number of likely N-dealkylation sites (N-methyl/N-ethyl adjacent to an activating group) is 1. The normalized spacial score (nSPS) is 12.3. The molecular weight excluding hydrogens is 224 g/mol. The Hall–Kier alpha value is -1.35. The van der Waals surface area contributed by atoms with Crippen molar-refractivity contribution in [2.75, 3.05) is 20.1 Å². The first-order valence-corrected chi connectivity index (χ1v) is 6.47. The summed E-state index contributed by atoms with van der Waals surface area (Å²) in [6.45, 7) is 7.25. The number of nitrogens with two attached hydrogens (primary N) is 1. The minimum absolute atomic E-state index is 0.0882. The highest BCUT2D eigenvalue weighted by atomic mass is 16.2. The van der Waals surface area contributed by atoms with Crippen LogP contribution in [0, 0.1) is 19.8 Å². The largest absolute Gasteiger partial charge is 0.345 e. The maximum atomic E-state index is 11.9. The number of carbonyl (C=O) groups excluding carboxylic acids is 1. The second-order valence-electron chi connectivity index (χ2n) is 5.07. The second kappa shape index (κ2) is 6.55. The predicted octanol–water partition coefficient (Wildman–Crippen LogP) is 1.90. The monoisotopic (exact) mass is 248 g/mol. The average molecular weight is 248 g/mol. The van der Waals surface area contributed by atoms with E-state index >= 15 is 0 Å². The number of aryl methyl sites for hydroxylation is 2. The molecule has 1 aromatic rings. The molecule has 0 aliphatic rings. The topological polar surface area (TPSA) is 46.3 Å². The molecule has 0 radical (unpaired) electrons. The Morgan fingerprint density at radius 3 is 2.56 bits per heavy atom. The van der Waals surface area contributed by atoms with Crippen molar-refractivity contribution in [1.82, 2.24) is 4.90 Å². The van der Waals surface area contributed by atoms with Crippen LogP contribution in [-0.4, -0.2) is 30.9 Å². The lowest BCUT2D eigenvalue weighted by atomic mass is 10.0. The highest BCUT2D eigenvalue weighted by Gasteiger charge is 2.15. The van der Waals surface area contributed by atoms with Crippen molar-refractivity contribution in [3.8, 4) is 0 Å². The van der Waals surface area contributed by atoms with Crippen molar-refractivity contribution in [2.24, 2.45) is 11.7 Å². The van der Waals surface area contributed by atoms with Gasteiger partial charge in [0.15, 0.2) is 0 Å². The molecule has 1 rings (SSSR count). The Kier molecular flexibility index (Phi) is 5.35. The minimum atomic E-state index is -0.0882. The van der Waals surface area contributed by atoms with Crippen molar-refractivity contribution < 1.29 is 4.79 Å². The quantitative estimate of drug-likeness (QED) is 0.865. The molecule has 0 fully saturated rings.